The number of ether oxygens (including phenoxy) is 1. The molecule has 2 rings (SSSR count). The maximum atomic E-state index is 13.5. The van der Waals surface area contributed by atoms with Gasteiger partial charge in [-0.3, -0.25) is 19.3 Å². The summed E-state index contributed by atoms with van der Waals surface area (Å²) in [4.78, 5) is 49.0. The predicted octanol–water partition coefficient (Wildman–Crippen LogP) is 2.19. The molecule has 1 aromatic rings. The van der Waals surface area contributed by atoms with Crippen molar-refractivity contribution in [2.45, 2.75) is 39.2 Å². The fourth-order valence-corrected chi connectivity index (χ4v) is 2.74. The molecule has 8 nitrogen and oxygen atoms in total. The Kier molecular flexibility index (Phi) is 6.89. The fourth-order valence-electron chi connectivity index (χ4n) is 2.74. The van der Waals surface area contributed by atoms with Crippen molar-refractivity contribution < 1.29 is 32.7 Å². The Hall–Kier alpha value is -3.04. The zero-order chi connectivity index (χ0) is 21.8. The van der Waals surface area contributed by atoms with Gasteiger partial charge < -0.3 is 15.4 Å². The van der Waals surface area contributed by atoms with E-state index in [1.54, 1.807) is 6.92 Å². The van der Waals surface area contributed by atoms with Crippen LogP contribution in [0, 0.1) is 17.6 Å². The number of hydrogen-bond acceptors (Lipinski definition) is 5. The molecule has 158 valence electrons. The molecule has 1 saturated heterocycles. The highest BCUT2D eigenvalue weighted by Gasteiger charge is 2.48. The lowest BCUT2D eigenvalue weighted by Crippen LogP contribution is -2.44. The highest BCUT2D eigenvalue weighted by Crippen LogP contribution is 2.24. The monoisotopic (exact) mass is 411 g/mol. The van der Waals surface area contributed by atoms with Gasteiger partial charge in [0.05, 0.1) is 5.69 Å². The van der Waals surface area contributed by atoms with E-state index in [0.29, 0.717) is 24.8 Å². The molecule has 0 spiro atoms. The van der Waals surface area contributed by atoms with Gasteiger partial charge >= 0.3 is 12.0 Å². The van der Waals surface area contributed by atoms with E-state index < -0.39 is 54.1 Å². The van der Waals surface area contributed by atoms with Crippen molar-refractivity contribution in [3.8, 4) is 0 Å². The Bertz CT molecular complexity index is 830. The highest BCUT2D eigenvalue weighted by molar-refractivity contribution is 6.08. The van der Waals surface area contributed by atoms with Crippen LogP contribution in [-0.4, -0.2) is 47.4 Å². The summed E-state index contributed by atoms with van der Waals surface area (Å²) in [6, 6.07) is 1.86. The van der Waals surface area contributed by atoms with E-state index >= 15 is 0 Å². The van der Waals surface area contributed by atoms with E-state index in [1.807, 2.05) is 13.8 Å². The van der Waals surface area contributed by atoms with Crippen molar-refractivity contribution >= 4 is 29.5 Å². The number of carbonyl (C=O) groups is 4. The molecule has 0 aliphatic carbocycles. The van der Waals surface area contributed by atoms with Gasteiger partial charge in [-0.2, -0.15) is 0 Å². The number of hydrogen-bond donors (Lipinski definition) is 2. The first-order valence-corrected chi connectivity index (χ1v) is 9.06. The zero-order valence-corrected chi connectivity index (χ0v) is 16.4. The van der Waals surface area contributed by atoms with Crippen LogP contribution in [0.4, 0.5) is 19.3 Å². The number of rotatable bonds is 8. The van der Waals surface area contributed by atoms with E-state index in [4.69, 9.17) is 4.74 Å². The Labute approximate surface area is 166 Å². The molecule has 0 radical (unpaired) electrons. The number of benzene rings is 1. The van der Waals surface area contributed by atoms with Crippen molar-refractivity contribution in [3.05, 3.63) is 29.8 Å². The van der Waals surface area contributed by atoms with Gasteiger partial charge in [-0.05, 0) is 37.8 Å². The van der Waals surface area contributed by atoms with Crippen LogP contribution in [0.15, 0.2) is 18.2 Å². The largest absolute Gasteiger partial charge is 0.454 e. The maximum Gasteiger partial charge on any atom is 0.326 e. The average molecular weight is 411 g/mol. The normalized spacial score (nSPS) is 18.8. The molecule has 1 heterocycles. The summed E-state index contributed by atoms with van der Waals surface area (Å²) in [5.74, 6) is -3.83. The summed E-state index contributed by atoms with van der Waals surface area (Å²) in [6.07, 6.45) is 1.13. The first-order valence-electron chi connectivity index (χ1n) is 9.06. The van der Waals surface area contributed by atoms with E-state index in [-0.39, 0.29) is 5.69 Å². The van der Waals surface area contributed by atoms with Crippen molar-refractivity contribution in [2.24, 2.45) is 5.92 Å². The quantitative estimate of drug-likeness (QED) is 0.504. The van der Waals surface area contributed by atoms with Crippen molar-refractivity contribution in [2.75, 3.05) is 18.5 Å². The first-order chi connectivity index (χ1) is 13.5. The van der Waals surface area contributed by atoms with Gasteiger partial charge in [0, 0.05) is 6.07 Å². The Morgan fingerprint density at radius 2 is 1.97 bits per heavy atom. The minimum absolute atomic E-state index is 0.275. The van der Waals surface area contributed by atoms with Crippen molar-refractivity contribution in [1.29, 1.82) is 0 Å². The SMILES string of the molecule is CC(C)CC[C@]1(C)NC(=O)N(CC(=O)OCC(=O)Nc2ccc(F)cc2F)C1=O. The summed E-state index contributed by atoms with van der Waals surface area (Å²) in [5, 5.41) is 4.70. The van der Waals surface area contributed by atoms with Gasteiger partial charge in [-0.1, -0.05) is 13.8 Å². The second kappa shape index (κ2) is 8.97. The van der Waals surface area contributed by atoms with Gasteiger partial charge in [0.1, 0.15) is 23.7 Å². The van der Waals surface area contributed by atoms with Gasteiger partial charge in [0.2, 0.25) is 0 Å². The molecule has 1 aliphatic rings. The minimum Gasteiger partial charge on any atom is -0.454 e. The van der Waals surface area contributed by atoms with Gasteiger partial charge in [0.25, 0.3) is 11.8 Å². The van der Waals surface area contributed by atoms with Gasteiger partial charge in [-0.25, -0.2) is 13.6 Å². The second-order valence-electron chi connectivity index (χ2n) is 7.42. The number of carbonyl (C=O) groups excluding carboxylic acids is 4. The summed E-state index contributed by atoms with van der Waals surface area (Å²) < 4.78 is 31.1. The lowest BCUT2D eigenvalue weighted by Gasteiger charge is -2.22. The third-order valence-electron chi connectivity index (χ3n) is 4.42. The number of nitrogens with one attached hydrogen (secondary N) is 2. The fraction of sp³-hybridized carbons (Fsp3) is 0.474. The summed E-state index contributed by atoms with van der Waals surface area (Å²) >= 11 is 0. The molecule has 1 aliphatic heterocycles. The van der Waals surface area contributed by atoms with Crippen LogP contribution in [0.2, 0.25) is 0 Å². The Morgan fingerprint density at radius 3 is 2.59 bits per heavy atom. The molecular weight excluding hydrogens is 388 g/mol. The molecule has 1 fully saturated rings. The average Bonchev–Trinajstić information content (AvgIpc) is 2.84. The van der Waals surface area contributed by atoms with E-state index in [2.05, 4.69) is 10.6 Å². The second-order valence-corrected chi connectivity index (χ2v) is 7.42. The summed E-state index contributed by atoms with van der Waals surface area (Å²) in [7, 11) is 0. The third kappa shape index (κ3) is 5.72. The van der Waals surface area contributed by atoms with Crippen LogP contribution in [-0.2, 0) is 19.1 Å². The molecule has 1 aromatic carbocycles. The number of esters is 1. The van der Waals surface area contributed by atoms with Crippen LogP contribution >= 0.6 is 0 Å². The standard InChI is InChI=1S/C19H23F2N3O5/c1-11(2)6-7-19(3)17(27)24(18(28)23-19)9-16(26)29-10-15(25)22-14-5-4-12(20)8-13(14)21/h4-5,8,11H,6-7,9-10H2,1-3H3,(H,22,25)(H,23,28)/t19-/m0/s1. The Balaban J connectivity index is 1.86. The first kappa shape index (κ1) is 22.3. The number of anilines is 1. The maximum absolute atomic E-state index is 13.5. The molecule has 4 amide bonds. The van der Waals surface area contributed by atoms with E-state index in [9.17, 15) is 28.0 Å². The number of nitrogens with zero attached hydrogens (tertiary/aromatic N) is 1. The highest BCUT2D eigenvalue weighted by atomic mass is 19.1. The number of imide groups is 1. The smallest absolute Gasteiger partial charge is 0.326 e. The molecule has 2 N–H and O–H groups in total. The van der Waals surface area contributed by atoms with Gasteiger partial charge in [0.15, 0.2) is 6.61 Å². The number of halogens is 2. The minimum atomic E-state index is -1.10. The van der Waals surface area contributed by atoms with Crippen LogP contribution in [0.3, 0.4) is 0 Å². The molecule has 10 heteroatoms. The van der Waals surface area contributed by atoms with Crippen LogP contribution in [0.25, 0.3) is 0 Å². The van der Waals surface area contributed by atoms with Crippen LogP contribution < -0.4 is 10.6 Å². The molecule has 29 heavy (non-hydrogen) atoms. The lowest BCUT2D eigenvalue weighted by atomic mass is 9.92. The summed E-state index contributed by atoms with van der Waals surface area (Å²) in [6.45, 7) is 4.15. The molecule has 0 aromatic heterocycles. The van der Waals surface area contributed by atoms with Gasteiger partial charge in [-0.15, -0.1) is 0 Å². The topological polar surface area (TPSA) is 105 Å². The summed E-state index contributed by atoms with van der Waals surface area (Å²) in [5.41, 5.74) is -1.37. The van der Waals surface area contributed by atoms with E-state index in [0.717, 1.165) is 17.0 Å². The lowest BCUT2D eigenvalue weighted by molar-refractivity contribution is -0.150. The Morgan fingerprint density at radius 1 is 1.28 bits per heavy atom. The van der Waals surface area contributed by atoms with E-state index in [1.165, 1.54) is 0 Å². The van der Waals surface area contributed by atoms with Crippen LogP contribution in [0.5, 0.6) is 0 Å². The number of amides is 4. The molecular formula is C19H23F2N3O5. The van der Waals surface area contributed by atoms with Crippen molar-refractivity contribution in [3.63, 3.8) is 0 Å². The zero-order valence-electron chi connectivity index (χ0n) is 16.4. The molecule has 0 saturated carbocycles. The molecule has 0 bridgehead atoms. The predicted molar refractivity (Wildman–Crippen MR) is 98.7 cm³/mol. The molecule has 1 atom stereocenters. The molecule has 0 unspecified atom stereocenters. The number of urea groups is 1. The third-order valence-corrected chi connectivity index (χ3v) is 4.42. The van der Waals surface area contributed by atoms with Crippen LogP contribution in [0.1, 0.15) is 33.6 Å². The van der Waals surface area contributed by atoms with Crippen molar-refractivity contribution in [1.82, 2.24) is 10.2 Å².